The van der Waals surface area contributed by atoms with Gasteiger partial charge in [-0.2, -0.15) is 0 Å². The van der Waals surface area contributed by atoms with Crippen LogP contribution in [0.25, 0.3) is 0 Å². The standard InChI is InChI=1S/C11H11N3O/c1-8-2-3-9(5-13-8)4-10-6-12-7-14-11(10)15/h2-3,5-7H,4H2,1H3,(H,12,14,15). The van der Waals surface area contributed by atoms with E-state index in [0.717, 1.165) is 11.3 Å². The Hall–Kier alpha value is -1.97. The monoisotopic (exact) mass is 201 g/mol. The fourth-order valence-electron chi connectivity index (χ4n) is 1.32. The minimum Gasteiger partial charge on any atom is -0.313 e. The molecular formula is C11H11N3O. The highest BCUT2D eigenvalue weighted by Gasteiger charge is 2.00. The van der Waals surface area contributed by atoms with Crippen molar-refractivity contribution in [2.45, 2.75) is 13.3 Å². The van der Waals surface area contributed by atoms with Crippen molar-refractivity contribution in [3.05, 3.63) is 58.0 Å². The fraction of sp³-hybridized carbons (Fsp3) is 0.182. The van der Waals surface area contributed by atoms with E-state index in [0.29, 0.717) is 12.0 Å². The zero-order valence-electron chi connectivity index (χ0n) is 8.40. The molecule has 0 aromatic carbocycles. The van der Waals surface area contributed by atoms with E-state index in [-0.39, 0.29) is 5.56 Å². The first-order valence-corrected chi connectivity index (χ1v) is 4.69. The number of nitrogens with zero attached hydrogens (tertiary/aromatic N) is 2. The first-order chi connectivity index (χ1) is 7.25. The lowest BCUT2D eigenvalue weighted by Gasteiger charge is -1.99. The van der Waals surface area contributed by atoms with Gasteiger partial charge in [-0.15, -0.1) is 0 Å². The third-order valence-electron chi connectivity index (χ3n) is 2.16. The zero-order valence-corrected chi connectivity index (χ0v) is 8.40. The highest BCUT2D eigenvalue weighted by molar-refractivity contribution is 5.20. The normalized spacial score (nSPS) is 10.2. The molecule has 76 valence electrons. The molecule has 0 spiro atoms. The molecule has 0 bridgehead atoms. The van der Waals surface area contributed by atoms with Gasteiger partial charge < -0.3 is 4.98 Å². The molecule has 2 heterocycles. The van der Waals surface area contributed by atoms with E-state index in [1.165, 1.54) is 6.33 Å². The quantitative estimate of drug-likeness (QED) is 0.790. The van der Waals surface area contributed by atoms with E-state index < -0.39 is 0 Å². The summed E-state index contributed by atoms with van der Waals surface area (Å²) in [6.07, 6.45) is 5.32. The van der Waals surface area contributed by atoms with Gasteiger partial charge in [0.05, 0.1) is 6.33 Å². The van der Waals surface area contributed by atoms with Gasteiger partial charge in [-0.1, -0.05) is 6.07 Å². The van der Waals surface area contributed by atoms with Crippen molar-refractivity contribution in [1.29, 1.82) is 0 Å². The first-order valence-electron chi connectivity index (χ1n) is 4.69. The summed E-state index contributed by atoms with van der Waals surface area (Å²) in [7, 11) is 0. The van der Waals surface area contributed by atoms with Crippen LogP contribution in [0, 0.1) is 6.92 Å². The Morgan fingerprint density at radius 3 is 2.87 bits per heavy atom. The largest absolute Gasteiger partial charge is 0.313 e. The predicted octanol–water partition coefficient (Wildman–Crippen LogP) is 1.06. The van der Waals surface area contributed by atoms with Gasteiger partial charge in [-0.25, -0.2) is 4.98 Å². The van der Waals surface area contributed by atoms with Gasteiger partial charge in [0.15, 0.2) is 0 Å². The van der Waals surface area contributed by atoms with Gasteiger partial charge in [0, 0.05) is 30.1 Å². The summed E-state index contributed by atoms with van der Waals surface area (Å²) in [5.41, 5.74) is 2.55. The third kappa shape index (κ3) is 2.28. The highest BCUT2D eigenvalue weighted by Crippen LogP contribution is 2.03. The maximum Gasteiger partial charge on any atom is 0.254 e. The Balaban J connectivity index is 2.26. The topological polar surface area (TPSA) is 58.6 Å². The van der Waals surface area contributed by atoms with E-state index in [4.69, 9.17) is 0 Å². The molecule has 0 aliphatic carbocycles. The molecule has 2 aromatic rings. The summed E-state index contributed by atoms with van der Waals surface area (Å²) in [5, 5.41) is 0. The summed E-state index contributed by atoms with van der Waals surface area (Å²) in [6, 6.07) is 3.90. The van der Waals surface area contributed by atoms with Crippen LogP contribution in [-0.4, -0.2) is 15.0 Å². The van der Waals surface area contributed by atoms with Crippen molar-refractivity contribution in [2.24, 2.45) is 0 Å². The van der Waals surface area contributed by atoms with Crippen LogP contribution in [0.4, 0.5) is 0 Å². The Bertz CT molecular complexity index is 502. The minimum atomic E-state index is -0.0921. The summed E-state index contributed by atoms with van der Waals surface area (Å²) in [4.78, 5) is 22.0. The van der Waals surface area contributed by atoms with Crippen LogP contribution in [-0.2, 0) is 6.42 Å². The maximum absolute atomic E-state index is 11.4. The molecule has 0 radical (unpaired) electrons. The number of nitrogens with one attached hydrogen (secondary N) is 1. The number of rotatable bonds is 2. The summed E-state index contributed by atoms with van der Waals surface area (Å²) >= 11 is 0. The van der Waals surface area contributed by atoms with Crippen molar-refractivity contribution < 1.29 is 0 Å². The van der Waals surface area contributed by atoms with Crippen LogP contribution < -0.4 is 5.56 Å². The lowest BCUT2D eigenvalue weighted by Crippen LogP contribution is -2.12. The molecule has 0 saturated carbocycles. The molecule has 15 heavy (non-hydrogen) atoms. The molecule has 1 N–H and O–H groups in total. The lowest BCUT2D eigenvalue weighted by molar-refractivity contribution is 1.01. The van der Waals surface area contributed by atoms with E-state index in [1.807, 2.05) is 19.1 Å². The van der Waals surface area contributed by atoms with Gasteiger partial charge in [-0.3, -0.25) is 9.78 Å². The van der Waals surface area contributed by atoms with Crippen LogP contribution in [0.3, 0.4) is 0 Å². The number of hydrogen-bond acceptors (Lipinski definition) is 3. The average molecular weight is 201 g/mol. The molecule has 0 aliphatic heterocycles. The van der Waals surface area contributed by atoms with Crippen LogP contribution in [0.15, 0.2) is 35.6 Å². The second-order valence-electron chi connectivity index (χ2n) is 3.39. The molecule has 4 heteroatoms. The summed E-state index contributed by atoms with van der Waals surface area (Å²) in [5.74, 6) is 0. The van der Waals surface area contributed by atoms with Crippen LogP contribution in [0.5, 0.6) is 0 Å². The zero-order chi connectivity index (χ0) is 10.7. The fourth-order valence-corrected chi connectivity index (χ4v) is 1.32. The number of aromatic amines is 1. The molecule has 4 nitrogen and oxygen atoms in total. The van der Waals surface area contributed by atoms with Gasteiger partial charge in [0.2, 0.25) is 0 Å². The van der Waals surface area contributed by atoms with Crippen molar-refractivity contribution in [3.63, 3.8) is 0 Å². The summed E-state index contributed by atoms with van der Waals surface area (Å²) in [6.45, 7) is 1.93. The Morgan fingerprint density at radius 1 is 1.33 bits per heavy atom. The van der Waals surface area contributed by atoms with Gasteiger partial charge in [-0.05, 0) is 18.6 Å². The highest BCUT2D eigenvalue weighted by atomic mass is 16.1. The van der Waals surface area contributed by atoms with E-state index in [2.05, 4.69) is 15.0 Å². The van der Waals surface area contributed by atoms with Crippen molar-refractivity contribution in [2.75, 3.05) is 0 Å². The predicted molar refractivity (Wildman–Crippen MR) is 56.6 cm³/mol. The molecule has 0 atom stereocenters. The van der Waals surface area contributed by atoms with Crippen molar-refractivity contribution >= 4 is 0 Å². The van der Waals surface area contributed by atoms with Gasteiger partial charge in [0.25, 0.3) is 5.56 Å². The molecule has 2 rings (SSSR count). The minimum absolute atomic E-state index is 0.0921. The molecular weight excluding hydrogens is 190 g/mol. The van der Waals surface area contributed by atoms with Crippen molar-refractivity contribution in [1.82, 2.24) is 15.0 Å². The maximum atomic E-state index is 11.4. The van der Waals surface area contributed by atoms with E-state index in [1.54, 1.807) is 12.4 Å². The van der Waals surface area contributed by atoms with Gasteiger partial charge in [0.1, 0.15) is 0 Å². The first kappa shape index (κ1) is 9.58. The number of H-pyrrole nitrogens is 1. The SMILES string of the molecule is Cc1ccc(Cc2cnc[nH]c2=O)cn1. The summed E-state index contributed by atoms with van der Waals surface area (Å²) < 4.78 is 0. The van der Waals surface area contributed by atoms with Gasteiger partial charge >= 0.3 is 0 Å². The molecule has 0 saturated heterocycles. The molecule has 2 aromatic heterocycles. The number of aromatic nitrogens is 3. The third-order valence-corrected chi connectivity index (χ3v) is 2.16. The van der Waals surface area contributed by atoms with Crippen LogP contribution in [0.1, 0.15) is 16.8 Å². The van der Waals surface area contributed by atoms with Crippen molar-refractivity contribution in [3.8, 4) is 0 Å². The number of hydrogen-bond donors (Lipinski definition) is 1. The molecule has 0 unspecified atom stereocenters. The second-order valence-corrected chi connectivity index (χ2v) is 3.39. The molecule has 0 aliphatic rings. The Kier molecular flexibility index (Phi) is 2.58. The second kappa shape index (κ2) is 4.04. The van der Waals surface area contributed by atoms with E-state index in [9.17, 15) is 4.79 Å². The van der Waals surface area contributed by atoms with Crippen LogP contribution in [0.2, 0.25) is 0 Å². The molecule has 0 fully saturated rings. The Morgan fingerprint density at radius 2 is 2.20 bits per heavy atom. The van der Waals surface area contributed by atoms with E-state index >= 15 is 0 Å². The average Bonchev–Trinajstić information content (AvgIpc) is 2.25. The Labute approximate surface area is 87.0 Å². The van der Waals surface area contributed by atoms with Crippen LogP contribution >= 0.6 is 0 Å². The number of pyridine rings is 1. The molecule has 0 amide bonds. The smallest absolute Gasteiger partial charge is 0.254 e. The lowest BCUT2D eigenvalue weighted by atomic mass is 10.1. The number of aryl methyl sites for hydroxylation is 1.